The highest BCUT2D eigenvalue weighted by Crippen LogP contribution is 2.20. The Morgan fingerprint density at radius 3 is 1.74 bits per heavy atom. The lowest BCUT2D eigenvalue weighted by Gasteiger charge is -2.15. The first-order valence-corrected chi connectivity index (χ1v) is 11.8. The molecule has 12 heteroatoms. The van der Waals surface area contributed by atoms with Gasteiger partial charge < -0.3 is 38.0 Å². The fourth-order valence-corrected chi connectivity index (χ4v) is 3.84. The van der Waals surface area contributed by atoms with Crippen LogP contribution < -0.4 is 10.2 Å². The van der Waals surface area contributed by atoms with Gasteiger partial charge in [0, 0.05) is 60.0 Å². The van der Waals surface area contributed by atoms with Gasteiger partial charge in [-0.1, -0.05) is 0 Å². The van der Waals surface area contributed by atoms with E-state index in [9.17, 15) is 19.2 Å². The molecule has 0 aliphatic rings. The molecule has 0 aliphatic heterocycles. The van der Waals surface area contributed by atoms with E-state index in [1.54, 1.807) is 95.4 Å². The molecule has 39 heavy (non-hydrogen) atoms. The van der Waals surface area contributed by atoms with E-state index in [-0.39, 0.29) is 11.8 Å². The third-order valence-electron chi connectivity index (χ3n) is 6.07. The number of carbonyl (C=O) groups excluding carboxylic acids is 4. The van der Waals surface area contributed by atoms with Gasteiger partial charge in [-0.15, -0.1) is 0 Å². The number of esters is 2. The van der Waals surface area contributed by atoms with Crippen molar-refractivity contribution in [2.24, 2.45) is 28.2 Å². The van der Waals surface area contributed by atoms with Crippen LogP contribution >= 0.6 is 0 Å². The van der Waals surface area contributed by atoms with E-state index in [1.165, 1.54) is 19.1 Å². The van der Waals surface area contributed by atoms with Crippen molar-refractivity contribution in [2.45, 2.75) is 0 Å². The summed E-state index contributed by atoms with van der Waals surface area (Å²) < 4.78 is 16.1. The Kier molecular flexibility index (Phi) is 8.81. The summed E-state index contributed by atoms with van der Waals surface area (Å²) in [7, 11) is 11.4. The van der Waals surface area contributed by atoms with Crippen molar-refractivity contribution in [2.75, 3.05) is 31.5 Å². The van der Waals surface area contributed by atoms with Crippen LogP contribution in [0.15, 0.2) is 61.2 Å². The molecule has 4 rings (SSSR count). The van der Waals surface area contributed by atoms with Crippen molar-refractivity contribution in [1.82, 2.24) is 18.3 Å². The van der Waals surface area contributed by atoms with E-state index in [0.717, 1.165) is 0 Å². The van der Waals surface area contributed by atoms with Crippen LogP contribution in [-0.4, -0.2) is 63.3 Å². The number of ether oxygens (including phenoxy) is 2. The van der Waals surface area contributed by atoms with Crippen LogP contribution in [0.5, 0.6) is 0 Å². The first-order chi connectivity index (χ1) is 18.5. The molecule has 0 aromatic carbocycles. The minimum absolute atomic E-state index is 0.139. The molecular formula is C27H32N6O6. The van der Waals surface area contributed by atoms with Crippen LogP contribution in [0, 0.1) is 0 Å². The number of nitrogens with one attached hydrogen (secondary N) is 1. The van der Waals surface area contributed by atoms with E-state index < -0.39 is 11.9 Å². The number of carbonyl (C=O) groups is 4. The molecule has 4 aromatic heterocycles. The Morgan fingerprint density at radius 1 is 0.718 bits per heavy atom. The normalized spacial score (nSPS) is 10.3. The molecule has 1 N–H and O–H groups in total. The van der Waals surface area contributed by atoms with Gasteiger partial charge in [0.25, 0.3) is 11.8 Å². The maximum atomic E-state index is 12.4. The van der Waals surface area contributed by atoms with Crippen LogP contribution in [0.3, 0.4) is 0 Å². The smallest absolute Gasteiger partial charge is 0.354 e. The Labute approximate surface area is 225 Å². The number of hydrogen-bond donors (Lipinski definition) is 1. The molecule has 12 nitrogen and oxygen atoms in total. The van der Waals surface area contributed by atoms with Gasteiger partial charge in [-0.05, 0) is 36.4 Å². The molecule has 0 unspecified atom stereocenters. The molecule has 0 saturated heterocycles. The molecular weight excluding hydrogens is 504 g/mol. The summed E-state index contributed by atoms with van der Waals surface area (Å²) in [5, 5.41) is 2.74. The topological polar surface area (TPSA) is 122 Å². The lowest BCUT2D eigenvalue weighted by atomic mass is 10.3. The highest BCUT2D eigenvalue weighted by Gasteiger charge is 2.20. The Bertz CT molecular complexity index is 1500. The predicted octanol–water partition coefficient (Wildman–Crippen LogP) is 2.83. The number of rotatable bonds is 6. The zero-order valence-corrected chi connectivity index (χ0v) is 23.0. The van der Waals surface area contributed by atoms with Gasteiger partial charge in [-0.25, -0.2) is 9.59 Å². The number of methoxy groups -OCH3 is 2. The van der Waals surface area contributed by atoms with Gasteiger partial charge in [0.15, 0.2) is 0 Å². The molecule has 0 saturated carbocycles. The summed E-state index contributed by atoms with van der Waals surface area (Å²) in [5.41, 5.74) is 3.09. The van der Waals surface area contributed by atoms with Gasteiger partial charge in [-0.3, -0.25) is 9.59 Å². The van der Waals surface area contributed by atoms with Crippen LogP contribution in [0.25, 0.3) is 0 Å². The minimum Gasteiger partial charge on any atom is -0.464 e. The third kappa shape index (κ3) is 6.29. The molecule has 4 aromatic rings. The molecule has 0 spiro atoms. The second-order valence-electron chi connectivity index (χ2n) is 8.73. The van der Waals surface area contributed by atoms with Crippen molar-refractivity contribution in [3.63, 3.8) is 0 Å². The number of hydrogen-bond acceptors (Lipinski definition) is 6. The summed E-state index contributed by atoms with van der Waals surface area (Å²) in [6, 6.07) is 10.3. The number of aromatic nitrogens is 4. The number of anilines is 2. The van der Waals surface area contributed by atoms with Crippen LogP contribution in [0.1, 0.15) is 42.0 Å². The van der Waals surface area contributed by atoms with E-state index >= 15 is 0 Å². The van der Waals surface area contributed by atoms with E-state index in [1.807, 2.05) is 19.3 Å². The van der Waals surface area contributed by atoms with Crippen LogP contribution in [0.4, 0.5) is 11.4 Å². The molecule has 0 radical (unpaired) electrons. The summed E-state index contributed by atoms with van der Waals surface area (Å²) in [4.78, 5) is 48.9. The second kappa shape index (κ2) is 12.0. The zero-order chi connectivity index (χ0) is 28.9. The summed E-state index contributed by atoms with van der Waals surface area (Å²) in [6.07, 6.45) is 6.98. The molecule has 0 aliphatic carbocycles. The van der Waals surface area contributed by atoms with Gasteiger partial charge in [0.05, 0.1) is 25.6 Å². The van der Waals surface area contributed by atoms with Gasteiger partial charge in [0.2, 0.25) is 0 Å². The lowest BCUT2D eigenvalue weighted by Crippen LogP contribution is -2.27. The SMILES string of the molecule is COC(=O)c1cc(N(C)C(=O)c2cccn2C)cn1C.COC(=O)c1cc(NC(=O)c2cccn2C)cn1C. The first-order valence-electron chi connectivity index (χ1n) is 11.8. The minimum atomic E-state index is -0.443. The fourth-order valence-electron chi connectivity index (χ4n) is 3.84. The molecule has 4 heterocycles. The summed E-state index contributed by atoms with van der Waals surface area (Å²) >= 11 is 0. The molecule has 0 fully saturated rings. The number of amides is 2. The van der Waals surface area contributed by atoms with Crippen molar-refractivity contribution in [3.8, 4) is 0 Å². The Morgan fingerprint density at radius 2 is 1.23 bits per heavy atom. The van der Waals surface area contributed by atoms with Gasteiger partial charge in [0.1, 0.15) is 22.8 Å². The molecule has 206 valence electrons. The van der Waals surface area contributed by atoms with Gasteiger partial charge >= 0.3 is 11.9 Å². The first kappa shape index (κ1) is 28.6. The van der Waals surface area contributed by atoms with Crippen molar-refractivity contribution in [3.05, 3.63) is 84.0 Å². The number of aryl methyl sites for hydroxylation is 4. The van der Waals surface area contributed by atoms with E-state index in [0.29, 0.717) is 34.2 Å². The predicted molar refractivity (Wildman–Crippen MR) is 145 cm³/mol. The lowest BCUT2D eigenvalue weighted by molar-refractivity contribution is 0.0581. The van der Waals surface area contributed by atoms with Crippen molar-refractivity contribution in [1.29, 1.82) is 0 Å². The van der Waals surface area contributed by atoms with Crippen molar-refractivity contribution >= 4 is 35.1 Å². The zero-order valence-electron chi connectivity index (χ0n) is 23.0. The monoisotopic (exact) mass is 536 g/mol. The third-order valence-corrected chi connectivity index (χ3v) is 6.07. The van der Waals surface area contributed by atoms with Crippen LogP contribution in [-0.2, 0) is 37.7 Å². The maximum absolute atomic E-state index is 12.4. The number of nitrogens with zero attached hydrogens (tertiary/aromatic N) is 5. The average molecular weight is 537 g/mol. The highest BCUT2D eigenvalue weighted by atomic mass is 16.5. The summed E-state index contributed by atoms with van der Waals surface area (Å²) in [6.45, 7) is 0. The van der Waals surface area contributed by atoms with Crippen LogP contribution in [0.2, 0.25) is 0 Å². The second-order valence-corrected chi connectivity index (χ2v) is 8.73. The van der Waals surface area contributed by atoms with Gasteiger partial charge in [-0.2, -0.15) is 0 Å². The molecule has 0 atom stereocenters. The van der Waals surface area contributed by atoms with E-state index in [2.05, 4.69) is 10.1 Å². The quantitative estimate of drug-likeness (QED) is 0.378. The summed E-state index contributed by atoms with van der Waals surface area (Å²) in [5.74, 6) is -1.24. The average Bonchev–Trinajstić information content (AvgIpc) is 3.70. The largest absolute Gasteiger partial charge is 0.464 e. The molecule has 2 amide bonds. The molecule has 0 bridgehead atoms. The maximum Gasteiger partial charge on any atom is 0.354 e. The highest BCUT2D eigenvalue weighted by molar-refractivity contribution is 6.05. The standard InChI is InChI=1S/C14H17N3O3.C13H15N3O3/c1-15-7-5-6-11(15)13(18)17(3)10-8-12(14(19)20-4)16(2)9-10;1-15-6-4-5-10(15)12(17)14-9-7-11(13(18)19-3)16(2)8-9/h5-9H,1-4H3;4-8H,1-3H3,(H,14,17). The Hall–Kier alpha value is -5.00. The van der Waals surface area contributed by atoms with E-state index in [4.69, 9.17) is 4.74 Å². The van der Waals surface area contributed by atoms with Crippen molar-refractivity contribution < 1.29 is 28.7 Å². The Balaban J connectivity index is 0.000000216. The fraction of sp³-hybridized carbons (Fsp3) is 0.259.